The minimum Gasteiger partial charge on any atom is -0.354 e. The maximum absolute atomic E-state index is 8.87. The number of piperazine rings is 1. The molecule has 2 fully saturated rings. The molecule has 0 aromatic carbocycles. The maximum atomic E-state index is 8.87. The summed E-state index contributed by atoms with van der Waals surface area (Å²) in [6, 6.07) is 6.17. The quantitative estimate of drug-likeness (QED) is 0.860. The molecule has 3 heterocycles. The summed E-state index contributed by atoms with van der Waals surface area (Å²) >= 11 is 0. The fourth-order valence-corrected chi connectivity index (χ4v) is 3.72. The van der Waals surface area contributed by atoms with Crippen LogP contribution in [0.25, 0.3) is 0 Å². The van der Waals surface area contributed by atoms with Gasteiger partial charge in [0.25, 0.3) is 0 Å². The van der Waals surface area contributed by atoms with Gasteiger partial charge in [0.2, 0.25) is 0 Å². The summed E-state index contributed by atoms with van der Waals surface area (Å²) in [6.45, 7) is 4.56. The highest BCUT2D eigenvalue weighted by Gasteiger charge is 2.31. The van der Waals surface area contributed by atoms with Crippen molar-refractivity contribution in [1.82, 2.24) is 24.6 Å². The van der Waals surface area contributed by atoms with Crippen LogP contribution in [0.1, 0.15) is 36.0 Å². The fraction of sp³-hybridized carbons (Fsp3) is 0.556. The highest BCUT2D eigenvalue weighted by molar-refractivity contribution is 5.42. The van der Waals surface area contributed by atoms with E-state index in [-0.39, 0.29) is 0 Å². The third-order valence-corrected chi connectivity index (χ3v) is 5.48. The van der Waals surface area contributed by atoms with Crippen LogP contribution >= 0.6 is 0 Å². The van der Waals surface area contributed by atoms with E-state index >= 15 is 0 Å². The third kappa shape index (κ3) is 3.28. The van der Waals surface area contributed by atoms with Crippen LogP contribution in [-0.2, 0) is 13.6 Å². The topological polar surface area (TPSA) is 99.9 Å². The van der Waals surface area contributed by atoms with Crippen LogP contribution in [0, 0.1) is 11.3 Å². The minimum atomic E-state index is 0.323. The molecule has 136 valence electrons. The number of pyridine rings is 1. The lowest BCUT2D eigenvalue weighted by Gasteiger charge is -2.35. The normalized spacial score (nSPS) is 23.5. The number of hydrogen-bond donors (Lipinski definition) is 1. The van der Waals surface area contributed by atoms with Gasteiger partial charge in [0.05, 0.1) is 12.1 Å². The minimum absolute atomic E-state index is 0.323. The predicted octanol–water partition coefficient (Wildman–Crippen LogP) is 0.609. The first kappa shape index (κ1) is 16.9. The van der Waals surface area contributed by atoms with Crippen LogP contribution in [0.5, 0.6) is 0 Å². The summed E-state index contributed by atoms with van der Waals surface area (Å²) in [5.41, 5.74) is 6.49. The van der Waals surface area contributed by atoms with E-state index in [0.717, 1.165) is 63.0 Å². The van der Waals surface area contributed by atoms with Crippen molar-refractivity contribution >= 4 is 5.82 Å². The number of nitrogens with two attached hydrogens (primary N) is 1. The molecule has 8 nitrogen and oxygen atoms in total. The summed E-state index contributed by atoms with van der Waals surface area (Å²) in [6.07, 6.45) is 3.67. The summed E-state index contributed by atoms with van der Waals surface area (Å²) in [5, 5.41) is 17.7. The lowest BCUT2D eigenvalue weighted by molar-refractivity contribution is 0.240. The zero-order valence-corrected chi connectivity index (χ0v) is 15.0. The van der Waals surface area contributed by atoms with Crippen LogP contribution in [0.4, 0.5) is 5.82 Å². The molecule has 0 radical (unpaired) electrons. The standard InChI is InChI=1S/C18H24N8/c1-24-17(22-23-18(24)14-8-15(20)9-14)12-25-4-6-26(7-5-25)16-3-2-13(10-19)11-21-16/h2-3,11,14-15H,4-9,12,20H2,1H3. The Hall–Kier alpha value is -2.50. The second kappa shape index (κ2) is 7.02. The first-order valence-electron chi connectivity index (χ1n) is 9.11. The Balaban J connectivity index is 1.33. The van der Waals surface area contributed by atoms with Gasteiger partial charge in [0.15, 0.2) is 0 Å². The Morgan fingerprint density at radius 3 is 2.58 bits per heavy atom. The summed E-state index contributed by atoms with van der Waals surface area (Å²) in [4.78, 5) is 9.05. The average Bonchev–Trinajstić information content (AvgIpc) is 3.00. The van der Waals surface area contributed by atoms with Crippen molar-refractivity contribution in [3.8, 4) is 6.07 Å². The molecule has 26 heavy (non-hydrogen) atoms. The number of rotatable bonds is 4. The molecule has 2 N–H and O–H groups in total. The van der Waals surface area contributed by atoms with Crippen LogP contribution in [0.15, 0.2) is 18.3 Å². The molecule has 1 aliphatic heterocycles. The fourth-order valence-electron chi connectivity index (χ4n) is 3.72. The Morgan fingerprint density at radius 1 is 1.19 bits per heavy atom. The van der Waals surface area contributed by atoms with Crippen molar-refractivity contribution in [3.05, 3.63) is 35.5 Å². The van der Waals surface area contributed by atoms with E-state index in [4.69, 9.17) is 11.0 Å². The smallest absolute Gasteiger partial charge is 0.146 e. The van der Waals surface area contributed by atoms with Crippen molar-refractivity contribution < 1.29 is 0 Å². The van der Waals surface area contributed by atoms with Crippen LogP contribution in [0.3, 0.4) is 0 Å². The number of aromatic nitrogens is 4. The molecule has 2 aromatic heterocycles. The molecule has 4 rings (SSSR count). The maximum Gasteiger partial charge on any atom is 0.146 e. The second-order valence-corrected chi connectivity index (χ2v) is 7.24. The molecule has 0 bridgehead atoms. The van der Waals surface area contributed by atoms with Gasteiger partial charge < -0.3 is 15.2 Å². The zero-order valence-electron chi connectivity index (χ0n) is 15.0. The van der Waals surface area contributed by atoms with Crippen molar-refractivity contribution in [3.63, 3.8) is 0 Å². The molecule has 1 saturated carbocycles. The molecule has 0 unspecified atom stereocenters. The van der Waals surface area contributed by atoms with E-state index in [0.29, 0.717) is 17.5 Å². The Bertz CT molecular complexity index is 792. The zero-order chi connectivity index (χ0) is 18.1. The highest BCUT2D eigenvalue weighted by atomic mass is 15.3. The van der Waals surface area contributed by atoms with Gasteiger partial charge in [0.1, 0.15) is 23.5 Å². The van der Waals surface area contributed by atoms with Gasteiger partial charge >= 0.3 is 0 Å². The number of nitrogens with zero attached hydrogens (tertiary/aromatic N) is 7. The first-order chi connectivity index (χ1) is 12.6. The molecular weight excluding hydrogens is 328 g/mol. The Kier molecular flexibility index (Phi) is 4.57. The first-order valence-corrected chi connectivity index (χ1v) is 9.11. The van der Waals surface area contributed by atoms with Gasteiger partial charge in [-0.1, -0.05) is 0 Å². The van der Waals surface area contributed by atoms with E-state index in [1.54, 1.807) is 6.20 Å². The largest absolute Gasteiger partial charge is 0.354 e. The van der Waals surface area contributed by atoms with Crippen LogP contribution in [0.2, 0.25) is 0 Å². The molecule has 2 aliphatic rings. The monoisotopic (exact) mass is 352 g/mol. The van der Waals surface area contributed by atoms with Gasteiger partial charge in [-0.2, -0.15) is 5.26 Å². The van der Waals surface area contributed by atoms with Gasteiger partial charge in [-0.15, -0.1) is 10.2 Å². The summed E-state index contributed by atoms with van der Waals surface area (Å²) in [5.74, 6) is 3.49. The lowest BCUT2D eigenvalue weighted by Crippen LogP contribution is -2.46. The van der Waals surface area contributed by atoms with Crippen molar-refractivity contribution in [1.29, 1.82) is 5.26 Å². The van der Waals surface area contributed by atoms with Crippen LogP contribution in [-0.4, -0.2) is 56.9 Å². The Labute approximate surface area is 153 Å². The molecule has 2 aromatic rings. The van der Waals surface area contributed by atoms with E-state index in [9.17, 15) is 0 Å². The molecule has 1 aliphatic carbocycles. The van der Waals surface area contributed by atoms with Crippen LogP contribution < -0.4 is 10.6 Å². The predicted molar refractivity (Wildman–Crippen MR) is 97.4 cm³/mol. The number of hydrogen-bond acceptors (Lipinski definition) is 7. The Morgan fingerprint density at radius 2 is 1.96 bits per heavy atom. The van der Waals surface area contributed by atoms with Gasteiger partial charge in [-0.25, -0.2) is 4.98 Å². The van der Waals surface area contributed by atoms with Crippen molar-refractivity contribution in [2.75, 3.05) is 31.1 Å². The number of nitriles is 1. The van der Waals surface area contributed by atoms with Gasteiger partial charge in [-0.05, 0) is 25.0 Å². The molecule has 0 atom stereocenters. The summed E-state index contributed by atoms with van der Waals surface area (Å²) < 4.78 is 2.14. The molecule has 0 spiro atoms. The highest BCUT2D eigenvalue weighted by Crippen LogP contribution is 2.34. The molecule has 0 amide bonds. The third-order valence-electron chi connectivity index (χ3n) is 5.48. The lowest BCUT2D eigenvalue weighted by atomic mass is 9.80. The van der Waals surface area contributed by atoms with Gasteiger partial charge in [0, 0.05) is 51.4 Å². The van der Waals surface area contributed by atoms with Crippen molar-refractivity contribution in [2.45, 2.75) is 31.3 Å². The van der Waals surface area contributed by atoms with E-state index in [1.165, 1.54) is 0 Å². The molecule has 8 heteroatoms. The number of anilines is 1. The van der Waals surface area contributed by atoms with Gasteiger partial charge in [-0.3, -0.25) is 4.90 Å². The second-order valence-electron chi connectivity index (χ2n) is 7.24. The SMILES string of the molecule is Cn1c(CN2CCN(c3ccc(C#N)cn3)CC2)nnc1C1CC(N)C1. The average molecular weight is 352 g/mol. The molecular formula is C18H24N8. The van der Waals surface area contributed by atoms with E-state index < -0.39 is 0 Å². The van der Waals surface area contributed by atoms with E-state index in [2.05, 4.69) is 42.7 Å². The molecule has 1 saturated heterocycles. The van der Waals surface area contributed by atoms with E-state index in [1.807, 2.05) is 12.1 Å². The van der Waals surface area contributed by atoms with Crippen molar-refractivity contribution in [2.24, 2.45) is 12.8 Å². The summed E-state index contributed by atoms with van der Waals surface area (Å²) in [7, 11) is 2.06.